The van der Waals surface area contributed by atoms with Crippen LogP contribution in [0.25, 0.3) is 0 Å². The molecule has 2 aliphatic heterocycles. The van der Waals surface area contributed by atoms with Gasteiger partial charge in [0.15, 0.2) is 0 Å². The molecule has 2 aromatic rings. The predicted molar refractivity (Wildman–Crippen MR) is 138 cm³/mol. The molecular weight excluding hydrogens is 440 g/mol. The Morgan fingerprint density at radius 1 is 0.800 bits per heavy atom. The van der Waals surface area contributed by atoms with Gasteiger partial charge in [0.1, 0.15) is 0 Å². The van der Waals surface area contributed by atoms with Crippen LogP contribution in [0.2, 0.25) is 0 Å². The summed E-state index contributed by atoms with van der Waals surface area (Å²) in [5, 5.41) is 9.11. The maximum absolute atomic E-state index is 13.5. The van der Waals surface area contributed by atoms with Crippen LogP contribution in [-0.4, -0.2) is 94.5 Å². The first kappa shape index (κ1) is 25.4. The Balaban J connectivity index is 1.36. The van der Waals surface area contributed by atoms with E-state index in [4.69, 9.17) is 5.11 Å². The van der Waals surface area contributed by atoms with Crippen LogP contribution in [0.4, 0.5) is 0 Å². The summed E-state index contributed by atoms with van der Waals surface area (Å²) in [6.45, 7) is 15.1. The summed E-state index contributed by atoms with van der Waals surface area (Å²) >= 11 is 0. The summed E-state index contributed by atoms with van der Waals surface area (Å²) in [7, 11) is 0. The molecule has 0 bridgehead atoms. The predicted octanol–water partition coefficient (Wildman–Crippen LogP) is 3.26. The van der Waals surface area contributed by atoms with Crippen LogP contribution < -0.4 is 0 Å². The third kappa shape index (κ3) is 6.28. The minimum Gasteiger partial charge on any atom is -0.478 e. The van der Waals surface area contributed by atoms with E-state index >= 15 is 0 Å². The highest BCUT2D eigenvalue weighted by Crippen LogP contribution is 2.22. The fourth-order valence-electron chi connectivity index (χ4n) is 5.45. The van der Waals surface area contributed by atoms with Gasteiger partial charge in [-0.3, -0.25) is 14.6 Å². The highest BCUT2D eigenvalue weighted by Gasteiger charge is 2.33. The van der Waals surface area contributed by atoms with Crippen molar-refractivity contribution in [1.82, 2.24) is 19.6 Å². The molecule has 35 heavy (non-hydrogen) atoms. The van der Waals surface area contributed by atoms with Crippen LogP contribution in [-0.2, 0) is 13.1 Å². The van der Waals surface area contributed by atoms with Crippen molar-refractivity contribution in [3.63, 3.8) is 0 Å². The number of benzene rings is 2. The number of carbonyl (C=O) groups excluding carboxylic acids is 1. The molecule has 0 aliphatic carbocycles. The topological polar surface area (TPSA) is 67.3 Å². The van der Waals surface area contributed by atoms with E-state index in [2.05, 4.69) is 47.6 Å². The molecule has 2 atom stereocenters. The molecular formula is C28H38N4O3. The van der Waals surface area contributed by atoms with Gasteiger partial charge in [0.05, 0.1) is 5.56 Å². The van der Waals surface area contributed by atoms with Gasteiger partial charge in [-0.1, -0.05) is 31.2 Å². The Kier molecular flexibility index (Phi) is 8.21. The molecule has 2 aliphatic rings. The first-order valence-electron chi connectivity index (χ1n) is 12.7. The summed E-state index contributed by atoms with van der Waals surface area (Å²) < 4.78 is 0. The Bertz CT molecular complexity index is 1010. The van der Waals surface area contributed by atoms with Gasteiger partial charge in [0.25, 0.3) is 5.91 Å². The van der Waals surface area contributed by atoms with E-state index in [0.717, 1.165) is 70.0 Å². The highest BCUT2D eigenvalue weighted by atomic mass is 16.4. The SMILES string of the molecule is CCN1CCN(Cc2cccc(C(=O)N3[C@H](C)CN(Cc4ccc(C(=O)O)cc4)C[C@@H]3C)c2)CC1. The zero-order chi connectivity index (χ0) is 24.9. The second kappa shape index (κ2) is 11.3. The molecule has 0 unspecified atom stereocenters. The summed E-state index contributed by atoms with van der Waals surface area (Å²) in [5.41, 5.74) is 3.36. The monoisotopic (exact) mass is 478 g/mol. The maximum atomic E-state index is 13.5. The van der Waals surface area contributed by atoms with Crippen LogP contribution in [0.3, 0.4) is 0 Å². The highest BCUT2D eigenvalue weighted by molar-refractivity contribution is 5.95. The third-order valence-corrected chi connectivity index (χ3v) is 7.33. The molecule has 0 spiro atoms. The lowest BCUT2D eigenvalue weighted by Crippen LogP contribution is -2.58. The van der Waals surface area contributed by atoms with Crippen LogP contribution in [0.5, 0.6) is 0 Å². The Hall–Kier alpha value is -2.74. The van der Waals surface area contributed by atoms with Crippen molar-refractivity contribution in [2.24, 2.45) is 0 Å². The van der Waals surface area contributed by atoms with Gasteiger partial charge in [-0.25, -0.2) is 4.79 Å². The molecule has 2 saturated heterocycles. The summed E-state index contributed by atoms with van der Waals surface area (Å²) in [6.07, 6.45) is 0. The molecule has 2 heterocycles. The zero-order valence-electron chi connectivity index (χ0n) is 21.2. The lowest BCUT2D eigenvalue weighted by molar-refractivity contribution is 0.0268. The zero-order valence-corrected chi connectivity index (χ0v) is 21.2. The van der Waals surface area contributed by atoms with Gasteiger partial charge < -0.3 is 14.9 Å². The van der Waals surface area contributed by atoms with Crippen LogP contribution >= 0.6 is 0 Å². The van der Waals surface area contributed by atoms with Crippen LogP contribution in [0.15, 0.2) is 48.5 Å². The second-order valence-electron chi connectivity index (χ2n) is 10.0. The number of carboxylic acids is 1. The van der Waals surface area contributed by atoms with E-state index in [1.807, 2.05) is 29.2 Å². The quantitative estimate of drug-likeness (QED) is 0.659. The number of hydrogen-bond donors (Lipinski definition) is 1. The van der Waals surface area contributed by atoms with Gasteiger partial charge in [0.2, 0.25) is 0 Å². The number of nitrogens with zero attached hydrogens (tertiary/aromatic N) is 4. The molecule has 4 rings (SSSR count). The lowest BCUT2D eigenvalue weighted by atomic mass is 10.0. The van der Waals surface area contributed by atoms with E-state index in [9.17, 15) is 9.59 Å². The number of likely N-dealkylation sites (N-methyl/N-ethyl adjacent to an activating group) is 1. The Morgan fingerprint density at radius 2 is 1.40 bits per heavy atom. The van der Waals surface area contributed by atoms with Crippen molar-refractivity contribution >= 4 is 11.9 Å². The standard InChI is InChI=1S/C28H38N4O3/c1-4-29-12-14-30(15-13-29)20-24-6-5-7-26(16-24)27(33)32-21(2)17-31(18-22(32)3)19-23-8-10-25(11-9-23)28(34)35/h5-11,16,21-22H,4,12-15,17-20H2,1-3H3,(H,34,35)/t21-,22+. The molecule has 7 nitrogen and oxygen atoms in total. The molecule has 0 saturated carbocycles. The van der Waals surface area contributed by atoms with Crippen LogP contribution in [0.1, 0.15) is 52.6 Å². The number of rotatable bonds is 7. The van der Waals surface area contributed by atoms with Crippen molar-refractivity contribution in [2.45, 2.75) is 45.9 Å². The number of aromatic carboxylic acids is 1. The molecule has 2 fully saturated rings. The lowest BCUT2D eigenvalue weighted by Gasteiger charge is -2.44. The van der Waals surface area contributed by atoms with Crippen LogP contribution in [0, 0.1) is 0 Å². The van der Waals surface area contributed by atoms with E-state index in [1.165, 1.54) is 5.56 Å². The average molecular weight is 479 g/mol. The van der Waals surface area contributed by atoms with E-state index < -0.39 is 5.97 Å². The van der Waals surface area contributed by atoms with E-state index in [1.54, 1.807) is 12.1 Å². The Morgan fingerprint density at radius 3 is 2.00 bits per heavy atom. The molecule has 7 heteroatoms. The molecule has 1 amide bonds. The number of hydrogen-bond acceptors (Lipinski definition) is 5. The molecule has 188 valence electrons. The fraction of sp³-hybridized carbons (Fsp3) is 0.500. The normalized spacial score (nSPS) is 22.3. The Labute approximate surface area is 208 Å². The van der Waals surface area contributed by atoms with Crippen molar-refractivity contribution in [3.8, 4) is 0 Å². The molecule has 2 aromatic carbocycles. The van der Waals surface area contributed by atoms with E-state index in [0.29, 0.717) is 5.56 Å². The van der Waals surface area contributed by atoms with Gasteiger partial charge in [-0.15, -0.1) is 0 Å². The van der Waals surface area contributed by atoms with Crippen molar-refractivity contribution in [1.29, 1.82) is 0 Å². The number of piperazine rings is 2. The minimum atomic E-state index is -0.908. The maximum Gasteiger partial charge on any atom is 0.335 e. The van der Waals surface area contributed by atoms with Gasteiger partial charge in [-0.2, -0.15) is 0 Å². The van der Waals surface area contributed by atoms with Gasteiger partial charge in [0, 0.05) is 70.0 Å². The second-order valence-corrected chi connectivity index (χ2v) is 10.0. The average Bonchev–Trinajstić information content (AvgIpc) is 2.84. The van der Waals surface area contributed by atoms with Gasteiger partial charge >= 0.3 is 5.97 Å². The minimum absolute atomic E-state index is 0.0929. The summed E-state index contributed by atoms with van der Waals surface area (Å²) in [5.74, 6) is -0.804. The number of carboxylic acid groups (broad SMARTS) is 1. The molecule has 0 aromatic heterocycles. The smallest absolute Gasteiger partial charge is 0.335 e. The third-order valence-electron chi connectivity index (χ3n) is 7.33. The number of carbonyl (C=O) groups is 2. The van der Waals surface area contributed by atoms with E-state index in [-0.39, 0.29) is 18.0 Å². The fourth-order valence-corrected chi connectivity index (χ4v) is 5.45. The van der Waals surface area contributed by atoms with Crippen molar-refractivity contribution < 1.29 is 14.7 Å². The first-order valence-corrected chi connectivity index (χ1v) is 12.7. The number of amides is 1. The molecule has 1 N–H and O–H groups in total. The van der Waals surface area contributed by atoms with Crippen molar-refractivity contribution in [3.05, 3.63) is 70.8 Å². The van der Waals surface area contributed by atoms with Crippen molar-refractivity contribution in [2.75, 3.05) is 45.8 Å². The largest absolute Gasteiger partial charge is 0.478 e. The van der Waals surface area contributed by atoms with Gasteiger partial charge in [-0.05, 0) is 55.8 Å². The first-order chi connectivity index (χ1) is 16.8. The summed E-state index contributed by atoms with van der Waals surface area (Å²) in [6, 6.07) is 15.4. The summed E-state index contributed by atoms with van der Waals surface area (Å²) in [4.78, 5) is 34.0. The molecule has 0 radical (unpaired) electrons.